The fraction of sp³-hybridized carbons (Fsp3) is 1.00. The van der Waals surface area contributed by atoms with Gasteiger partial charge in [-0.25, -0.2) is 0 Å². The highest BCUT2D eigenvalue weighted by Gasteiger charge is 2.02. The van der Waals surface area contributed by atoms with Gasteiger partial charge >= 0.3 is 0 Å². The molecule has 1 unspecified atom stereocenters. The molecule has 0 fully saturated rings. The van der Waals surface area contributed by atoms with Gasteiger partial charge in [0.25, 0.3) is 0 Å². The number of rotatable bonds is 8. The van der Waals surface area contributed by atoms with Crippen molar-refractivity contribution < 1.29 is 20.1 Å². The van der Waals surface area contributed by atoms with Gasteiger partial charge in [0.1, 0.15) is 0 Å². The number of hydrogen-bond donors (Lipinski definition) is 3. The van der Waals surface area contributed by atoms with Crippen molar-refractivity contribution in [1.82, 2.24) is 0 Å². The SMILES string of the molecule is OCCCCCC(O)OCCO. The van der Waals surface area contributed by atoms with Crippen molar-refractivity contribution in [3.8, 4) is 0 Å². The maximum Gasteiger partial charge on any atom is 0.154 e. The van der Waals surface area contributed by atoms with E-state index in [-0.39, 0.29) is 19.8 Å². The Morgan fingerprint density at radius 1 is 1.00 bits per heavy atom. The molecule has 0 aliphatic heterocycles. The molecule has 0 aromatic heterocycles. The summed E-state index contributed by atoms with van der Waals surface area (Å²) in [5.41, 5.74) is 0. The Balaban J connectivity index is 3.02. The van der Waals surface area contributed by atoms with Crippen LogP contribution in [0.5, 0.6) is 0 Å². The smallest absolute Gasteiger partial charge is 0.154 e. The second kappa shape index (κ2) is 8.93. The van der Waals surface area contributed by atoms with Gasteiger partial charge in [0, 0.05) is 6.61 Å². The summed E-state index contributed by atoms with van der Waals surface area (Å²) in [6, 6.07) is 0. The molecule has 0 heterocycles. The molecule has 12 heavy (non-hydrogen) atoms. The molecule has 0 rings (SSSR count). The highest BCUT2D eigenvalue weighted by molar-refractivity contribution is 4.45. The van der Waals surface area contributed by atoms with Crippen LogP contribution >= 0.6 is 0 Å². The first-order chi connectivity index (χ1) is 5.81. The van der Waals surface area contributed by atoms with Gasteiger partial charge in [0.15, 0.2) is 6.29 Å². The number of aliphatic hydroxyl groups is 3. The highest BCUT2D eigenvalue weighted by Crippen LogP contribution is 2.03. The minimum atomic E-state index is -0.768. The Hall–Kier alpha value is -0.160. The Labute approximate surface area is 72.8 Å². The third-order valence-electron chi connectivity index (χ3n) is 1.51. The maximum absolute atomic E-state index is 9.08. The lowest BCUT2D eigenvalue weighted by atomic mass is 10.2. The maximum atomic E-state index is 9.08. The van der Waals surface area contributed by atoms with E-state index < -0.39 is 6.29 Å². The van der Waals surface area contributed by atoms with Crippen molar-refractivity contribution in [2.45, 2.75) is 32.0 Å². The molecule has 4 nitrogen and oxygen atoms in total. The molecule has 3 N–H and O–H groups in total. The molecule has 0 saturated carbocycles. The van der Waals surface area contributed by atoms with E-state index in [2.05, 4.69) is 0 Å². The molecule has 0 radical (unpaired) electrons. The minimum Gasteiger partial charge on any atom is -0.396 e. The normalized spacial score (nSPS) is 13.2. The molecule has 0 amide bonds. The minimum absolute atomic E-state index is 0.0618. The molecule has 0 saturated heterocycles. The summed E-state index contributed by atoms with van der Waals surface area (Å²) < 4.78 is 4.81. The average molecular weight is 178 g/mol. The zero-order valence-electron chi connectivity index (χ0n) is 7.28. The first-order valence-corrected chi connectivity index (χ1v) is 4.32. The number of hydrogen-bond acceptors (Lipinski definition) is 4. The van der Waals surface area contributed by atoms with E-state index in [1.807, 2.05) is 0 Å². The van der Waals surface area contributed by atoms with Crippen molar-refractivity contribution in [3.05, 3.63) is 0 Å². The predicted molar refractivity (Wildman–Crippen MR) is 44.6 cm³/mol. The van der Waals surface area contributed by atoms with Gasteiger partial charge in [-0.05, 0) is 19.3 Å². The average Bonchev–Trinajstić information content (AvgIpc) is 2.09. The van der Waals surface area contributed by atoms with Crippen LogP contribution in [0.1, 0.15) is 25.7 Å². The van der Waals surface area contributed by atoms with Gasteiger partial charge in [0.05, 0.1) is 13.2 Å². The lowest BCUT2D eigenvalue weighted by Crippen LogP contribution is -2.14. The van der Waals surface area contributed by atoms with Crippen LogP contribution in [-0.4, -0.2) is 41.4 Å². The summed E-state index contributed by atoms with van der Waals surface area (Å²) >= 11 is 0. The van der Waals surface area contributed by atoms with Crippen LogP contribution in [0.15, 0.2) is 0 Å². The van der Waals surface area contributed by atoms with E-state index in [9.17, 15) is 0 Å². The van der Waals surface area contributed by atoms with Crippen LogP contribution in [0.4, 0.5) is 0 Å². The Bertz CT molecular complexity index is 87.1. The summed E-state index contributed by atoms with van der Waals surface area (Å²) in [7, 11) is 0. The van der Waals surface area contributed by atoms with E-state index in [1.54, 1.807) is 0 Å². The van der Waals surface area contributed by atoms with E-state index in [0.717, 1.165) is 19.3 Å². The predicted octanol–water partition coefficient (Wildman–Crippen LogP) is -0.134. The zero-order valence-corrected chi connectivity index (χ0v) is 7.28. The molecular weight excluding hydrogens is 160 g/mol. The topological polar surface area (TPSA) is 69.9 Å². The van der Waals surface area contributed by atoms with Crippen LogP contribution in [0, 0.1) is 0 Å². The molecule has 0 bridgehead atoms. The number of unbranched alkanes of at least 4 members (excludes halogenated alkanes) is 2. The van der Waals surface area contributed by atoms with Crippen LogP contribution in [-0.2, 0) is 4.74 Å². The monoisotopic (exact) mass is 178 g/mol. The molecule has 1 atom stereocenters. The lowest BCUT2D eigenvalue weighted by molar-refractivity contribution is -0.111. The van der Waals surface area contributed by atoms with Gasteiger partial charge in [0.2, 0.25) is 0 Å². The van der Waals surface area contributed by atoms with Crippen molar-refractivity contribution in [2.75, 3.05) is 19.8 Å². The number of ether oxygens (including phenoxy) is 1. The Kier molecular flexibility index (Phi) is 8.81. The first-order valence-electron chi connectivity index (χ1n) is 4.32. The first kappa shape index (κ1) is 11.8. The Morgan fingerprint density at radius 3 is 2.33 bits per heavy atom. The summed E-state index contributed by atoms with van der Waals surface area (Å²) in [4.78, 5) is 0. The van der Waals surface area contributed by atoms with Gasteiger partial charge in [-0.15, -0.1) is 0 Å². The molecule has 0 aromatic carbocycles. The van der Waals surface area contributed by atoms with Crippen LogP contribution in [0.25, 0.3) is 0 Å². The Morgan fingerprint density at radius 2 is 1.75 bits per heavy atom. The van der Waals surface area contributed by atoms with Crippen molar-refractivity contribution in [1.29, 1.82) is 0 Å². The van der Waals surface area contributed by atoms with Crippen molar-refractivity contribution in [2.24, 2.45) is 0 Å². The lowest BCUT2D eigenvalue weighted by Gasteiger charge is -2.09. The number of aliphatic hydroxyl groups excluding tert-OH is 3. The summed E-state index contributed by atoms with van der Waals surface area (Å²) in [5, 5.41) is 25.9. The standard InChI is InChI=1S/C8H18O4/c9-5-3-1-2-4-8(11)12-7-6-10/h8-11H,1-7H2. The van der Waals surface area contributed by atoms with Gasteiger partial charge < -0.3 is 20.1 Å². The second-order valence-corrected chi connectivity index (χ2v) is 2.62. The molecule has 74 valence electrons. The summed E-state index contributed by atoms with van der Waals surface area (Å²) in [6.07, 6.45) is 2.31. The fourth-order valence-corrected chi connectivity index (χ4v) is 0.880. The third-order valence-corrected chi connectivity index (χ3v) is 1.51. The van der Waals surface area contributed by atoms with E-state index >= 15 is 0 Å². The van der Waals surface area contributed by atoms with Crippen LogP contribution in [0.3, 0.4) is 0 Å². The fourth-order valence-electron chi connectivity index (χ4n) is 0.880. The molecular formula is C8H18O4. The van der Waals surface area contributed by atoms with Gasteiger partial charge in [-0.1, -0.05) is 6.42 Å². The van der Waals surface area contributed by atoms with Gasteiger partial charge in [-0.2, -0.15) is 0 Å². The van der Waals surface area contributed by atoms with Crippen molar-refractivity contribution in [3.63, 3.8) is 0 Å². The highest BCUT2D eigenvalue weighted by atomic mass is 16.6. The summed E-state index contributed by atoms with van der Waals surface area (Å²) in [5.74, 6) is 0. The van der Waals surface area contributed by atoms with Crippen molar-refractivity contribution >= 4 is 0 Å². The largest absolute Gasteiger partial charge is 0.396 e. The molecule has 0 spiro atoms. The second-order valence-electron chi connectivity index (χ2n) is 2.62. The molecule has 0 aliphatic rings. The van der Waals surface area contributed by atoms with E-state index in [0.29, 0.717) is 6.42 Å². The van der Waals surface area contributed by atoms with E-state index in [1.165, 1.54) is 0 Å². The zero-order chi connectivity index (χ0) is 9.23. The van der Waals surface area contributed by atoms with E-state index in [4.69, 9.17) is 20.1 Å². The third kappa shape index (κ3) is 7.94. The molecule has 0 aliphatic carbocycles. The molecule has 0 aromatic rings. The van der Waals surface area contributed by atoms with Crippen LogP contribution < -0.4 is 0 Å². The summed E-state index contributed by atoms with van der Waals surface area (Å²) in [6.45, 7) is 0.322. The quantitative estimate of drug-likeness (QED) is 0.357. The van der Waals surface area contributed by atoms with Crippen LogP contribution in [0.2, 0.25) is 0 Å². The van der Waals surface area contributed by atoms with Gasteiger partial charge in [-0.3, -0.25) is 0 Å². The molecule has 4 heteroatoms.